The summed E-state index contributed by atoms with van der Waals surface area (Å²) in [5.74, 6) is 0. The summed E-state index contributed by atoms with van der Waals surface area (Å²) in [4.78, 5) is 0. The van der Waals surface area contributed by atoms with Gasteiger partial charge in [0, 0.05) is 13.1 Å². The molecule has 2 heteroatoms. The molecule has 1 nitrogen and oxygen atoms in total. The molecule has 0 unspecified atom stereocenters. The third-order valence-electron chi connectivity index (χ3n) is 2.72. The molecule has 1 heterocycles. The molecule has 2 aromatic rings. The molecule has 0 bridgehead atoms. The summed E-state index contributed by atoms with van der Waals surface area (Å²) in [7, 11) is 0. The molecule has 0 radical (unpaired) electrons. The van der Waals surface area contributed by atoms with Gasteiger partial charge in [-0.2, -0.15) is 11.3 Å². The lowest BCUT2D eigenvalue weighted by Crippen LogP contribution is -2.12. The lowest BCUT2D eigenvalue weighted by atomic mass is 10.1. The molecule has 0 aliphatic heterocycles. The number of nitrogens with one attached hydrogen (secondary N) is 1. The first-order chi connectivity index (χ1) is 7.75. The van der Waals surface area contributed by atoms with E-state index in [1.165, 1.54) is 22.3 Å². The Kier molecular flexibility index (Phi) is 3.75. The number of aryl methyl sites for hydroxylation is 2. The lowest BCUT2D eigenvalue weighted by Gasteiger charge is -2.07. The van der Waals surface area contributed by atoms with Crippen LogP contribution in [-0.2, 0) is 13.1 Å². The Morgan fingerprint density at radius 3 is 2.69 bits per heavy atom. The highest BCUT2D eigenvalue weighted by atomic mass is 32.1. The van der Waals surface area contributed by atoms with Crippen LogP contribution in [0, 0.1) is 13.8 Å². The maximum atomic E-state index is 3.47. The van der Waals surface area contributed by atoms with Gasteiger partial charge in [-0.1, -0.05) is 23.8 Å². The van der Waals surface area contributed by atoms with E-state index in [1.54, 1.807) is 11.3 Å². The molecule has 0 saturated carbocycles. The largest absolute Gasteiger partial charge is 0.309 e. The molecule has 1 aromatic carbocycles. The normalized spacial score (nSPS) is 10.6. The van der Waals surface area contributed by atoms with Crippen molar-refractivity contribution in [1.29, 1.82) is 0 Å². The summed E-state index contributed by atoms with van der Waals surface area (Å²) in [6.07, 6.45) is 0. The average molecular weight is 231 g/mol. The molecular weight excluding hydrogens is 214 g/mol. The van der Waals surface area contributed by atoms with E-state index in [0.29, 0.717) is 0 Å². The van der Waals surface area contributed by atoms with Gasteiger partial charge in [-0.05, 0) is 47.4 Å². The van der Waals surface area contributed by atoms with Gasteiger partial charge in [-0.15, -0.1) is 0 Å². The van der Waals surface area contributed by atoms with Gasteiger partial charge < -0.3 is 5.32 Å². The van der Waals surface area contributed by atoms with Gasteiger partial charge in [0.1, 0.15) is 0 Å². The van der Waals surface area contributed by atoms with Crippen molar-refractivity contribution >= 4 is 11.3 Å². The predicted octanol–water partition coefficient (Wildman–Crippen LogP) is 3.65. The number of rotatable bonds is 4. The van der Waals surface area contributed by atoms with Gasteiger partial charge in [-0.3, -0.25) is 0 Å². The van der Waals surface area contributed by atoms with E-state index in [9.17, 15) is 0 Å². The number of hydrogen-bond acceptors (Lipinski definition) is 2. The average Bonchev–Trinajstić information content (AvgIpc) is 2.74. The van der Waals surface area contributed by atoms with Gasteiger partial charge >= 0.3 is 0 Å². The molecule has 0 fully saturated rings. The Bertz CT molecular complexity index is 446. The van der Waals surface area contributed by atoms with Crippen LogP contribution in [0.25, 0.3) is 0 Å². The third-order valence-corrected chi connectivity index (χ3v) is 3.45. The fourth-order valence-electron chi connectivity index (χ4n) is 1.78. The molecule has 0 atom stereocenters. The van der Waals surface area contributed by atoms with E-state index in [2.05, 4.69) is 54.2 Å². The highest BCUT2D eigenvalue weighted by Gasteiger charge is 1.98. The Labute approximate surface area is 101 Å². The first-order valence-corrected chi connectivity index (χ1v) is 6.48. The van der Waals surface area contributed by atoms with Crippen molar-refractivity contribution in [2.75, 3.05) is 0 Å². The van der Waals surface area contributed by atoms with Crippen molar-refractivity contribution in [3.05, 3.63) is 57.3 Å². The van der Waals surface area contributed by atoms with Gasteiger partial charge in [0.05, 0.1) is 0 Å². The Balaban J connectivity index is 1.90. The van der Waals surface area contributed by atoms with Crippen LogP contribution in [0.4, 0.5) is 0 Å². The molecule has 1 N–H and O–H groups in total. The summed E-state index contributed by atoms with van der Waals surface area (Å²) in [6, 6.07) is 8.79. The van der Waals surface area contributed by atoms with E-state index in [4.69, 9.17) is 0 Å². The van der Waals surface area contributed by atoms with Crippen molar-refractivity contribution in [2.24, 2.45) is 0 Å². The Morgan fingerprint density at radius 1 is 1.12 bits per heavy atom. The highest BCUT2D eigenvalue weighted by Crippen LogP contribution is 2.11. The SMILES string of the molecule is Cc1ccc(CNCc2ccsc2)c(C)c1. The van der Waals surface area contributed by atoms with Crippen LogP contribution in [0.2, 0.25) is 0 Å². The summed E-state index contributed by atoms with van der Waals surface area (Å²) < 4.78 is 0. The fourth-order valence-corrected chi connectivity index (χ4v) is 2.45. The molecule has 1 aromatic heterocycles. The monoisotopic (exact) mass is 231 g/mol. The smallest absolute Gasteiger partial charge is 0.0216 e. The van der Waals surface area contributed by atoms with E-state index in [0.717, 1.165) is 13.1 Å². The molecule has 84 valence electrons. The second kappa shape index (κ2) is 5.28. The minimum absolute atomic E-state index is 0.946. The molecule has 0 aliphatic carbocycles. The van der Waals surface area contributed by atoms with Crippen molar-refractivity contribution in [2.45, 2.75) is 26.9 Å². The Hall–Kier alpha value is -1.12. The molecular formula is C14H17NS. The number of benzene rings is 1. The lowest BCUT2D eigenvalue weighted by molar-refractivity contribution is 0.692. The van der Waals surface area contributed by atoms with E-state index in [1.807, 2.05) is 0 Å². The van der Waals surface area contributed by atoms with Crippen LogP contribution in [-0.4, -0.2) is 0 Å². The van der Waals surface area contributed by atoms with E-state index in [-0.39, 0.29) is 0 Å². The van der Waals surface area contributed by atoms with Crippen LogP contribution >= 0.6 is 11.3 Å². The molecule has 0 aliphatic rings. The van der Waals surface area contributed by atoms with Gasteiger partial charge in [0.2, 0.25) is 0 Å². The van der Waals surface area contributed by atoms with Crippen molar-refractivity contribution in [3.63, 3.8) is 0 Å². The first kappa shape index (κ1) is 11.4. The van der Waals surface area contributed by atoms with Crippen molar-refractivity contribution in [3.8, 4) is 0 Å². The molecule has 2 rings (SSSR count). The molecule has 0 spiro atoms. The van der Waals surface area contributed by atoms with Crippen LogP contribution in [0.15, 0.2) is 35.0 Å². The van der Waals surface area contributed by atoms with Crippen LogP contribution in [0.1, 0.15) is 22.3 Å². The summed E-state index contributed by atoms with van der Waals surface area (Å²) in [5.41, 5.74) is 5.47. The third kappa shape index (κ3) is 2.94. The van der Waals surface area contributed by atoms with Crippen LogP contribution in [0.5, 0.6) is 0 Å². The first-order valence-electron chi connectivity index (χ1n) is 5.53. The summed E-state index contributed by atoms with van der Waals surface area (Å²) in [5, 5.41) is 7.78. The number of thiophene rings is 1. The zero-order valence-corrected chi connectivity index (χ0v) is 10.6. The van der Waals surface area contributed by atoms with Gasteiger partial charge in [-0.25, -0.2) is 0 Å². The quantitative estimate of drug-likeness (QED) is 0.847. The molecule has 0 saturated heterocycles. The van der Waals surface area contributed by atoms with E-state index < -0.39 is 0 Å². The standard InChI is InChI=1S/C14H17NS/c1-11-3-4-14(12(2)7-11)9-15-8-13-5-6-16-10-13/h3-7,10,15H,8-9H2,1-2H3. The zero-order valence-electron chi connectivity index (χ0n) is 9.79. The maximum absolute atomic E-state index is 3.47. The second-order valence-corrected chi connectivity index (χ2v) is 4.95. The molecule has 16 heavy (non-hydrogen) atoms. The summed E-state index contributed by atoms with van der Waals surface area (Å²) in [6.45, 7) is 6.21. The minimum Gasteiger partial charge on any atom is -0.309 e. The van der Waals surface area contributed by atoms with Gasteiger partial charge in [0.25, 0.3) is 0 Å². The minimum atomic E-state index is 0.946. The van der Waals surface area contributed by atoms with Crippen LogP contribution in [0.3, 0.4) is 0 Å². The maximum Gasteiger partial charge on any atom is 0.0216 e. The van der Waals surface area contributed by atoms with Crippen molar-refractivity contribution < 1.29 is 0 Å². The fraction of sp³-hybridized carbons (Fsp3) is 0.286. The van der Waals surface area contributed by atoms with Crippen molar-refractivity contribution in [1.82, 2.24) is 5.32 Å². The zero-order chi connectivity index (χ0) is 11.4. The predicted molar refractivity (Wildman–Crippen MR) is 70.8 cm³/mol. The van der Waals surface area contributed by atoms with E-state index >= 15 is 0 Å². The van der Waals surface area contributed by atoms with Crippen LogP contribution < -0.4 is 5.32 Å². The second-order valence-electron chi connectivity index (χ2n) is 4.17. The number of hydrogen-bond donors (Lipinski definition) is 1. The summed E-state index contributed by atoms with van der Waals surface area (Å²) >= 11 is 1.75. The highest BCUT2D eigenvalue weighted by molar-refractivity contribution is 7.07. The Morgan fingerprint density at radius 2 is 2.00 bits per heavy atom. The van der Waals surface area contributed by atoms with Gasteiger partial charge in [0.15, 0.2) is 0 Å². The topological polar surface area (TPSA) is 12.0 Å². The molecule has 0 amide bonds.